The Balaban J connectivity index is 1.58. The lowest BCUT2D eigenvalue weighted by Crippen LogP contribution is -2.32. The molecule has 2 heterocycles. The fraction of sp³-hybridized carbons (Fsp3) is 0.357. The van der Waals surface area contributed by atoms with Gasteiger partial charge in [-0.3, -0.25) is 19.3 Å². The fourth-order valence-electron chi connectivity index (χ4n) is 2.97. The van der Waals surface area contributed by atoms with Crippen LogP contribution in [0.4, 0.5) is 5.69 Å². The summed E-state index contributed by atoms with van der Waals surface area (Å²) in [6.45, 7) is 0.326. The van der Waals surface area contributed by atoms with Gasteiger partial charge in [0.15, 0.2) is 0 Å². The molecule has 4 rings (SSSR count). The standard InChI is InChI=1S/C14H12N2O3/c17-12-4-8-3-7(1-2-11(8)15-12)6-16-13(18)9-5-10(9)14(16)19/h1-3,9-10H,4-6H2,(H,15,17)/t9-,10+. The van der Waals surface area contributed by atoms with Crippen LogP contribution in [0.3, 0.4) is 0 Å². The number of anilines is 1. The molecule has 1 saturated heterocycles. The van der Waals surface area contributed by atoms with Gasteiger partial charge in [0.05, 0.1) is 24.8 Å². The second-order valence-corrected chi connectivity index (χ2v) is 5.43. The molecule has 1 saturated carbocycles. The molecular weight excluding hydrogens is 244 g/mol. The van der Waals surface area contributed by atoms with Crippen molar-refractivity contribution >= 4 is 23.4 Å². The summed E-state index contributed by atoms with van der Waals surface area (Å²) in [5, 5.41) is 2.76. The van der Waals surface area contributed by atoms with Gasteiger partial charge < -0.3 is 5.32 Å². The number of hydrogen-bond donors (Lipinski definition) is 1. The molecule has 5 nitrogen and oxygen atoms in total. The van der Waals surface area contributed by atoms with Crippen molar-refractivity contribution in [2.75, 3.05) is 5.32 Å². The maximum Gasteiger partial charge on any atom is 0.233 e. The highest BCUT2D eigenvalue weighted by molar-refractivity contribution is 6.08. The number of benzene rings is 1. The number of carbonyl (C=O) groups excluding carboxylic acids is 3. The van der Waals surface area contributed by atoms with Gasteiger partial charge in [-0.25, -0.2) is 0 Å². The quantitative estimate of drug-likeness (QED) is 0.791. The van der Waals surface area contributed by atoms with Crippen molar-refractivity contribution in [2.24, 2.45) is 11.8 Å². The number of amides is 3. The Labute approximate surface area is 109 Å². The predicted molar refractivity (Wildman–Crippen MR) is 65.9 cm³/mol. The van der Waals surface area contributed by atoms with Crippen molar-refractivity contribution in [3.63, 3.8) is 0 Å². The smallest absolute Gasteiger partial charge is 0.233 e. The monoisotopic (exact) mass is 256 g/mol. The van der Waals surface area contributed by atoms with E-state index in [-0.39, 0.29) is 29.6 Å². The van der Waals surface area contributed by atoms with Crippen LogP contribution in [-0.4, -0.2) is 22.6 Å². The lowest BCUT2D eigenvalue weighted by molar-refractivity contribution is -0.142. The van der Waals surface area contributed by atoms with Crippen molar-refractivity contribution in [3.8, 4) is 0 Å². The molecule has 0 spiro atoms. The summed E-state index contributed by atoms with van der Waals surface area (Å²) in [4.78, 5) is 36.4. The molecule has 3 aliphatic rings. The SMILES string of the molecule is O=C1Cc2cc(CN3C(=O)[C@H]4C[C@H]4C3=O)ccc2N1. The number of piperidine rings is 1. The van der Waals surface area contributed by atoms with E-state index >= 15 is 0 Å². The maximum absolute atomic E-state index is 11.9. The van der Waals surface area contributed by atoms with Gasteiger partial charge in [0.2, 0.25) is 17.7 Å². The number of nitrogens with one attached hydrogen (secondary N) is 1. The van der Waals surface area contributed by atoms with Crippen LogP contribution >= 0.6 is 0 Å². The minimum atomic E-state index is -0.0508. The van der Waals surface area contributed by atoms with E-state index in [1.54, 1.807) is 0 Å². The average Bonchev–Trinajstić information content (AvgIpc) is 3.04. The molecule has 1 aromatic carbocycles. The normalized spacial score (nSPS) is 27.4. The molecule has 0 unspecified atom stereocenters. The predicted octanol–water partition coefficient (Wildman–Crippen LogP) is 0.686. The van der Waals surface area contributed by atoms with Gasteiger partial charge >= 0.3 is 0 Å². The van der Waals surface area contributed by atoms with Crippen LogP contribution in [0.1, 0.15) is 17.5 Å². The molecule has 2 fully saturated rings. The average molecular weight is 256 g/mol. The van der Waals surface area contributed by atoms with E-state index in [1.165, 1.54) is 4.90 Å². The summed E-state index contributed by atoms with van der Waals surface area (Å²) >= 11 is 0. The van der Waals surface area contributed by atoms with Crippen molar-refractivity contribution in [1.82, 2.24) is 4.90 Å². The summed E-state index contributed by atoms with van der Waals surface area (Å²) < 4.78 is 0. The summed E-state index contributed by atoms with van der Waals surface area (Å²) in [6, 6.07) is 5.59. The van der Waals surface area contributed by atoms with Gasteiger partial charge in [0.1, 0.15) is 0 Å². The lowest BCUT2D eigenvalue weighted by atomic mass is 10.1. The van der Waals surface area contributed by atoms with Crippen molar-refractivity contribution in [3.05, 3.63) is 29.3 Å². The first-order valence-electron chi connectivity index (χ1n) is 6.40. The molecular formula is C14H12N2O3. The van der Waals surface area contributed by atoms with Crippen LogP contribution in [0.2, 0.25) is 0 Å². The van der Waals surface area contributed by atoms with Crippen molar-refractivity contribution < 1.29 is 14.4 Å². The van der Waals surface area contributed by atoms with E-state index in [0.717, 1.165) is 23.2 Å². The number of fused-ring (bicyclic) bond motifs is 2. The van der Waals surface area contributed by atoms with E-state index in [9.17, 15) is 14.4 Å². The van der Waals surface area contributed by atoms with Crippen LogP contribution < -0.4 is 5.32 Å². The molecule has 1 N–H and O–H groups in total. The Bertz CT molecular complexity index is 618. The van der Waals surface area contributed by atoms with Crippen LogP contribution in [-0.2, 0) is 27.3 Å². The number of likely N-dealkylation sites (tertiary alicyclic amines) is 1. The Kier molecular flexibility index (Phi) is 1.94. The van der Waals surface area contributed by atoms with Gasteiger partial charge in [0.25, 0.3) is 0 Å². The number of hydrogen-bond acceptors (Lipinski definition) is 3. The van der Waals surface area contributed by atoms with E-state index in [0.29, 0.717) is 13.0 Å². The first-order valence-corrected chi connectivity index (χ1v) is 6.40. The van der Waals surface area contributed by atoms with Crippen LogP contribution in [0.15, 0.2) is 18.2 Å². The molecule has 5 heteroatoms. The molecule has 1 aliphatic carbocycles. The minimum Gasteiger partial charge on any atom is -0.326 e. The largest absolute Gasteiger partial charge is 0.326 e. The van der Waals surface area contributed by atoms with Gasteiger partial charge in [-0.1, -0.05) is 12.1 Å². The first-order chi connectivity index (χ1) is 9.13. The van der Waals surface area contributed by atoms with Gasteiger partial charge in [0, 0.05) is 5.69 Å². The molecule has 2 aliphatic heterocycles. The number of nitrogens with zero attached hydrogens (tertiary/aromatic N) is 1. The Hall–Kier alpha value is -2.17. The maximum atomic E-state index is 11.9. The molecule has 3 amide bonds. The number of rotatable bonds is 2. The Morgan fingerprint density at radius 2 is 1.89 bits per heavy atom. The van der Waals surface area contributed by atoms with Gasteiger partial charge in [-0.15, -0.1) is 0 Å². The Morgan fingerprint density at radius 3 is 2.63 bits per heavy atom. The second kappa shape index (κ2) is 3.44. The molecule has 1 aromatic rings. The number of imide groups is 1. The minimum absolute atomic E-state index is 0.0123. The van der Waals surface area contributed by atoms with Crippen LogP contribution in [0.25, 0.3) is 0 Å². The summed E-state index contributed by atoms with van der Waals surface area (Å²) in [7, 11) is 0. The zero-order valence-corrected chi connectivity index (χ0v) is 10.2. The Morgan fingerprint density at radius 1 is 1.16 bits per heavy atom. The number of carbonyl (C=O) groups is 3. The molecule has 0 aromatic heterocycles. The van der Waals surface area contributed by atoms with Gasteiger partial charge in [-0.05, 0) is 23.6 Å². The fourth-order valence-corrected chi connectivity index (χ4v) is 2.97. The highest BCUT2D eigenvalue weighted by Crippen LogP contribution is 2.47. The summed E-state index contributed by atoms with van der Waals surface area (Å²) in [5.74, 6) is -0.188. The topological polar surface area (TPSA) is 66.5 Å². The lowest BCUT2D eigenvalue weighted by Gasteiger charge is -2.16. The molecule has 2 atom stereocenters. The molecule has 0 bridgehead atoms. The molecule has 0 radical (unpaired) electrons. The van der Waals surface area contributed by atoms with Crippen LogP contribution in [0.5, 0.6) is 0 Å². The first kappa shape index (κ1) is 10.7. The second-order valence-electron chi connectivity index (χ2n) is 5.43. The summed E-state index contributed by atoms with van der Waals surface area (Å²) in [6.07, 6.45) is 1.10. The van der Waals surface area contributed by atoms with Crippen LogP contribution in [0, 0.1) is 11.8 Å². The highest BCUT2D eigenvalue weighted by Gasteiger charge is 2.58. The third kappa shape index (κ3) is 1.51. The van der Waals surface area contributed by atoms with Gasteiger partial charge in [-0.2, -0.15) is 0 Å². The summed E-state index contributed by atoms with van der Waals surface area (Å²) in [5.41, 5.74) is 2.67. The molecule has 19 heavy (non-hydrogen) atoms. The third-order valence-electron chi connectivity index (χ3n) is 4.09. The zero-order valence-electron chi connectivity index (χ0n) is 10.2. The van der Waals surface area contributed by atoms with Crippen molar-refractivity contribution in [2.45, 2.75) is 19.4 Å². The van der Waals surface area contributed by atoms with E-state index in [2.05, 4.69) is 5.32 Å². The van der Waals surface area contributed by atoms with E-state index in [1.807, 2.05) is 18.2 Å². The van der Waals surface area contributed by atoms with E-state index in [4.69, 9.17) is 0 Å². The van der Waals surface area contributed by atoms with Crippen molar-refractivity contribution in [1.29, 1.82) is 0 Å². The molecule has 96 valence electrons. The highest BCUT2D eigenvalue weighted by atomic mass is 16.2. The third-order valence-corrected chi connectivity index (χ3v) is 4.09. The van der Waals surface area contributed by atoms with E-state index < -0.39 is 0 Å². The zero-order chi connectivity index (χ0) is 13.1.